The molecule has 6 nitrogen and oxygen atoms in total. The summed E-state index contributed by atoms with van der Waals surface area (Å²) < 4.78 is 1.41. The molecule has 0 saturated heterocycles. The summed E-state index contributed by atoms with van der Waals surface area (Å²) in [6.45, 7) is 1.19. The summed E-state index contributed by atoms with van der Waals surface area (Å²) in [4.78, 5) is 18.2. The van der Waals surface area contributed by atoms with Crippen molar-refractivity contribution in [2.75, 3.05) is 13.6 Å². The number of hydrogen-bond donors (Lipinski definition) is 2. The molecule has 3 rings (SSSR count). The number of aromatic nitrogens is 3. The second kappa shape index (κ2) is 4.79. The third-order valence-electron chi connectivity index (χ3n) is 3.53. The minimum Gasteiger partial charge on any atom is -0.392 e. The van der Waals surface area contributed by atoms with Crippen molar-refractivity contribution in [1.82, 2.24) is 19.5 Å². The zero-order chi connectivity index (χ0) is 13.4. The highest BCUT2D eigenvalue weighted by atomic mass is 16.3. The third-order valence-corrected chi connectivity index (χ3v) is 3.53. The fraction of sp³-hybridized carbons (Fsp3) is 0.538. The van der Waals surface area contributed by atoms with E-state index < -0.39 is 0 Å². The molecule has 2 heterocycles. The van der Waals surface area contributed by atoms with Crippen molar-refractivity contribution < 1.29 is 5.11 Å². The Hall–Kier alpha value is -1.66. The average Bonchev–Trinajstić information content (AvgIpc) is 3.08. The van der Waals surface area contributed by atoms with Gasteiger partial charge in [0.25, 0.3) is 5.56 Å². The summed E-state index contributed by atoms with van der Waals surface area (Å²) in [5, 5.41) is 12.7. The number of aliphatic hydroxyl groups excluding tert-OH is 1. The second-order valence-electron chi connectivity index (χ2n) is 5.34. The lowest BCUT2D eigenvalue weighted by atomic mass is 10.2. The molecule has 1 fully saturated rings. The Morgan fingerprint density at radius 1 is 1.63 bits per heavy atom. The van der Waals surface area contributed by atoms with E-state index >= 15 is 0 Å². The van der Waals surface area contributed by atoms with Crippen molar-refractivity contribution in [2.45, 2.75) is 25.5 Å². The maximum absolute atomic E-state index is 11.8. The Labute approximate surface area is 110 Å². The van der Waals surface area contributed by atoms with Crippen molar-refractivity contribution in [2.24, 2.45) is 5.92 Å². The summed E-state index contributed by atoms with van der Waals surface area (Å²) in [6.07, 6.45) is 3.68. The number of hydrogen-bond acceptors (Lipinski definition) is 4. The van der Waals surface area contributed by atoms with Gasteiger partial charge in [-0.1, -0.05) is 0 Å². The molecule has 19 heavy (non-hydrogen) atoms. The first kappa shape index (κ1) is 12.4. The first-order valence-corrected chi connectivity index (χ1v) is 6.56. The van der Waals surface area contributed by atoms with Crippen LogP contribution in [-0.2, 0) is 6.54 Å². The fourth-order valence-corrected chi connectivity index (χ4v) is 2.35. The zero-order valence-corrected chi connectivity index (χ0v) is 10.9. The molecule has 102 valence electrons. The molecule has 1 unspecified atom stereocenters. The van der Waals surface area contributed by atoms with Crippen LogP contribution in [0.2, 0.25) is 0 Å². The van der Waals surface area contributed by atoms with Crippen molar-refractivity contribution in [3.63, 3.8) is 0 Å². The van der Waals surface area contributed by atoms with E-state index in [0.29, 0.717) is 24.7 Å². The van der Waals surface area contributed by atoms with E-state index in [1.165, 1.54) is 10.6 Å². The number of aromatic amines is 1. The highest BCUT2D eigenvalue weighted by Gasteiger charge is 2.30. The third kappa shape index (κ3) is 2.69. The van der Waals surface area contributed by atoms with E-state index in [4.69, 9.17) is 0 Å². The summed E-state index contributed by atoms with van der Waals surface area (Å²) in [6, 6.07) is 3.30. The number of nitrogens with zero attached hydrogens (tertiary/aromatic N) is 3. The Bertz CT molecular complexity index is 629. The maximum atomic E-state index is 11.8. The standard InChI is InChI=1S/C13H18N4O2/c1-16(8-11(18)9-2-3-9)7-10-6-13(19)17-12(15-10)4-5-14-17/h4-6,9,11,14,18H,2-3,7-8H2,1H3. The number of fused-ring (bicyclic) bond motifs is 1. The molecular formula is C13H18N4O2. The van der Waals surface area contributed by atoms with Gasteiger partial charge < -0.3 is 5.11 Å². The number of H-pyrrole nitrogens is 1. The first-order chi connectivity index (χ1) is 9.13. The van der Waals surface area contributed by atoms with Gasteiger partial charge in [-0.3, -0.25) is 14.8 Å². The maximum Gasteiger partial charge on any atom is 0.272 e. The topological polar surface area (TPSA) is 73.6 Å². The van der Waals surface area contributed by atoms with E-state index in [0.717, 1.165) is 18.5 Å². The van der Waals surface area contributed by atoms with Gasteiger partial charge in [-0.15, -0.1) is 0 Å². The Morgan fingerprint density at radius 3 is 3.16 bits per heavy atom. The van der Waals surface area contributed by atoms with Gasteiger partial charge >= 0.3 is 0 Å². The predicted octanol–water partition coefficient (Wildman–Crippen LogP) is 0.225. The smallest absolute Gasteiger partial charge is 0.272 e. The van der Waals surface area contributed by atoms with Crippen LogP contribution in [0.25, 0.3) is 5.65 Å². The molecule has 2 aromatic heterocycles. The number of nitrogens with one attached hydrogen (secondary N) is 1. The molecule has 6 heteroatoms. The molecule has 0 bridgehead atoms. The SMILES string of the molecule is CN(Cc1cc(=O)n2[nH]ccc2n1)CC(O)C1CC1. The van der Waals surface area contributed by atoms with Gasteiger partial charge in [0.1, 0.15) is 0 Å². The number of rotatable bonds is 5. The van der Waals surface area contributed by atoms with E-state index in [9.17, 15) is 9.90 Å². The molecular weight excluding hydrogens is 244 g/mol. The molecule has 0 aromatic carbocycles. The number of likely N-dealkylation sites (N-methyl/N-ethyl adjacent to an activating group) is 1. The molecule has 0 amide bonds. The van der Waals surface area contributed by atoms with Gasteiger partial charge in [-0.2, -0.15) is 0 Å². The van der Waals surface area contributed by atoms with Crippen LogP contribution < -0.4 is 5.56 Å². The van der Waals surface area contributed by atoms with Crippen LogP contribution in [-0.4, -0.2) is 44.3 Å². The molecule has 1 aliphatic rings. The lowest BCUT2D eigenvalue weighted by molar-refractivity contribution is 0.104. The van der Waals surface area contributed by atoms with Crippen LogP contribution in [0.15, 0.2) is 23.1 Å². The Balaban J connectivity index is 1.71. The van der Waals surface area contributed by atoms with Crippen molar-refractivity contribution in [1.29, 1.82) is 0 Å². The minimum atomic E-state index is -0.262. The van der Waals surface area contributed by atoms with Crippen LogP contribution in [0.4, 0.5) is 0 Å². The lowest BCUT2D eigenvalue weighted by Crippen LogP contribution is -2.31. The summed E-state index contributed by atoms with van der Waals surface area (Å²) in [5.74, 6) is 0.466. The van der Waals surface area contributed by atoms with Crippen LogP contribution in [0, 0.1) is 5.92 Å². The van der Waals surface area contributed by atoms with E-state index in [1.54, 1.807) is 12.3 Å². The van der Waals surface area contributed by atoms with Crippen LogP contribution in [0.5, 0.6) is 0 Å². The summed E-state index contributed by atoms with van der Waals surface area (Å²) in [7, 11) is 1.94. The molecule has 1 saturated carbocycles. The van der Waals surface area contributed by atoms with Crippen LogP contribution in [0.3, 0.4) is 0 Å². The predicted molar refractivity (Wildman–Crippen MR) is 70.9 cm³/mol. The minimum absolute atomic E-state index is 0.110. The lowest BCUT2D eigenvalue weighted by Gasteiger charge is -2.19. The van der Waals surface area contributed by atoms with Gasteiger partial charge in [0.05, 0.1) is 11.8 Å². The monoisotopic (exact) mass is 262 g/mol. The molecule has 2 aromatic rings. The van der Waals surface area contributed by atoms with Crippen molar-refractivity contribution in [3.8, 4) is 0 Å². The van der Waals surface area contributed by atoms with Crippen LogP contribution >= 0.6 is 0 Å². The van der Waals surface area contributed by atoms with Gasteiger partial charge in [0.2, 0.25) is 0 Å². The Morgan fingerprint density at radius 2 is 2.42 bits per heavy atom. The molecule has 1 aliphatic carbocycles. The van der Waals surface area contributed by atoms with E-state index in [1.807, 2.05) is 11.9 Å². The molecule has 0 radical (unpaired) electrons. The van der Waals surface area contributed by atoms with Gasteiger partial charge in [0.15, 0.2) is 5.65 Å². The molecule has 2 N–H and O–H groups in total. The van der Waals surface area contributed by atoms with Crippen molar-refractivity contribution in [3.05, 3.63) is 34.4 Å². The second-order valence-corrected chi connectivity index (χ2v) is 5.34. The quantitative estimate of drug-likeness (QED) is 0.808. The van der Waals surface area contributed by atoms with E-state index in [2.05, 4.69) is 10.1 Å². The van der Waals surface area contributed by atoms with Crippen LogP contribution in [0.1, 0.15) is 18.5 Å². The average molecular weight is 262 g/mol. The molecule has 0 aliphatic heterocycles. The van der Waals surface area contributed by atoms with Gasteiger partial charge in [-0.05, 0) is 25.8 Å². The van der Waals surface area contributed by atoms with Crippen molar-refractivity contribution >= 4 is 5.65 Å². The molecule has 1 atom stereocenters. The number of aliphatic hydroxyl groups is 1. The van der Waals surface area contributed by atoms with Gasteiger partial charge in [0, 0.05) is 31.4 Å². The first-order valence-electron chi connectivity index (χ1n) is 6.56. The highest BCUT2D eigenvalue weighted by Crippen LogP contribution is 2.32. The Kier molecular flexibility index (Phi) is 3.12. The molecule has 0 spiro atoms. The summed E-state index contributed by atoms with van der Waals surface area (Å²) >= 11 is 0. The summed E-state index contributed by atoms with van der Waals surface area (Å²) in [5.41, 5.74) is 1.25. The largest absolute Gasteiger partial charge is 0.392 e. The highest BCUT2D eigenvalue weighted by molar-refractivity contribution is 5.36. The van der Waals surface area contributed by atoms with E-state index in [-0.39, 0.29) is 11.7 Å². The zero-order valence-electron chi connectivity index (χ0n) is 10.9. The fourth-order valence-electron chi connectivity index (χ4n) is 2.35. The van der Waals surface area contributed by atoms with Gasteiger partial charge in [-0.25, -0.2) is 9.50 Å². The normalized spacial score (nSPS) is 17.2.